The molecule has 0 bridgehead atoms. The summed E-state index contributed by atoms with van der Waals surface area (Å²) in [5.74, 6) is -1.26. The van der Waals surface area contributed by atoms with Crippen LogP contribution in [0.3, 0.4) is 0 Å². The van der Waals surface area contributed by atoms with Gasteiger partial charge in [-0.2, -0.15) is 0 Å². The van der Waals surface area contributed by atoms with Gasteiger partial charge in [0.2, 0.25) is 0 Å². The van der Waals surface area contributed by atoms with Gasteiger partial charge in [-0.15, -0.1) is 0 Å². The van der Waals surface area contributed by atoms with Crippen LogP contribution in [0.5, 0.6) is 0 Å². The van der Waals surface area contributed by atoms with Crippen molar-refractivity contribution in [2.24, 2.45) is 11.8 Å². The summed E-state index contributed by atoms with van der Waals surface area (Å²) >= 11 is 0. The van der Waals surface area contributed by atoms with E-state index in [1.807, 2.05) is 13.8 Å². The number of carbonyl (C=O) groups is 2. The number of halogens is 1. The van der Waals surface area contributed by atoms with E-state index in [2.05, 4.69) is 4.90 Å². The Labute approximate surface area is 178 Å². The predicted octanol–water partition coefficient (Wildman–Crippen LogP) is 4.26. The molecule has 0 radical (unpaired) electrons. The summed E-state index contributed by atoms with van der Waals surface area (Å²) in [6.45, 7) is 7.37. The number of aliphatic carboxylic acids is 1. The van der Waals surface area contributed by atoms with Crippen molar-refractivity contribution in [3.8, 4) is 0 Å². The highest BCUT2D eigenvalue weighted by atomic mass is 19.1. The van der Waals surface area contributed by atoms with E-state index in [1.54, 1.807) is 19.1 Å². The van der Waals surface area contributed by atoms with E-state index < -0.39 is 17.5 Å². The number of carboxylic acid groups (broad SMARTS) is 1. The summed E-state index contributed by atoms with van der Waals surface area (Å²) in [5.41, 5.74) is 0.285. The summed E-state index contributed by atoms with van der Waals surface area (Å²) in [6, 6.07) is 6.35. The lowest BCUT2D eigenvalue weighted by Crippen LogP contribution is -2.55. The zero-order valence-electron chi connectivity index (χ0n) is 18.3. The van der Waals surface area contributed by atoms with Crippen molar-refractivity contribution >= 4 is 11.8 Å². The SMILES string of the molecule is CC.CC(=O)[C@@]1(C2CC2)CCC(N2CCC(c3ccc(F)cc3)[C@H](C(=O)O)C2)CO1. The topological polar surface area (TPSA) is 66.8 Å². The largest absolute Gasteiger partial charge is 0.481 e. The first kappa shape index (κ1) is 22.9. The van der Waals surface area contributed by atoms with Crippen molar-refractivity contribution in [3.63, 3.8) is 0 Å². The molecule has 0 aromatic heterocycles. The first-order valence-electron chi connectivity index (χ1n) is 11.3. The summed E-state index contributed by atoms with van der Waals surface area (Å²) in [7, 11) is 0. The molecule has 2 saturated heterocycles. The van der Waals surface area contributed by atoms with Crippen LogP contribution in [-0.2, 0) is 14.3 Å². The van der Waals surface area contributed by atoms with Crippen molar-refractivity contribution < 1.29 is 23.8 Å². The molecule has 1 aliphatic carbocycles. The molecule has 4 rings (SSSR count). The number of carbonyl (C=O) groups excluding carboxylic acids is 1. The van der Waals surface area contributed by atoms with E-state index in [9.17, 15) is 19.1 Å². The highest BCUT2D eigenvalue weighted by molar-refractivity contribution is 5.86. The number of nitrogens with zero attached hydrogens (tertiary/aromatic N) is 1. The minimum Gasteiger partial charge on any atom is -0.481 e. The van der Waals surface area contributed by atoms with E-state index in [-0.39, 0.29) is 23.6 Å². The molecule has 0 amide bonds. The first-order valence-corrected chi connectivity index (χ1v) is 11.3. The van der Waals surface area contributed by atoms with E-state index >= 15 is 0 Å². The van der Waals surface area contributed by atoms with Gasteiger partial charge < -0.3 is 9.84 Å². The third kappa shape index (κ3) is 4.59. The number of likely N-dealkylation sites (tertiary alicyclic amines) is 1. The van der Waals surface area contributed by atoms with Gasteiger partial charge in [-0.25, -0.2) is 4.39 Å². The van der Waals surface area contributed by atoms with Gasteiger partial charge in [-0.3, -0.25) is 14.5 Å². The molecular weight excluding hydrogens is 385 g/mol. The Morgan fingerprint density at radius 1 is 1.13 bits per heavy atom. The molecule has 166 valence electrons. The smallest absolute Gasteiger partial charge is 0.308 e. The van der Waals surface area contributed by atoms with Crippen molar-refractivity contribution in [1.82, 2.24) is 4.90 Å². The summed E-state index contributed by atoms with van der Waals surface area (Å²) in [5, 5.41) is 9.80. The first-order chi connectivity index (χ1) is 14.4. The van der Waals surface area contributed by atoms with Crippen LogP contribution in [0.2, 0.25) is 0 Å². The van der Waals surface area contributed by atoms with Crippen LogP contribution in [0.15, 0.2) is 24.3 Å². The summed E-state index contributed by atoms with van der Waals surface area (Å²) in [4.78, 5) is 26.4. The maximum absolute atomic E-state index is 13.2. The van der Waals surface area contributed by atoms with E-state index in [4.69, 9.17) is 4.74 Å². The fraction of sp³-hybridized carbons (Fsp3) is 0.667. The van der Waals surface area contributed by atoms with Gasteiger partial charge in [0.25, 0.3) is 0 Å². The average Bonchev–Trinajstić information content (AvgIpc) is 3.61. The zero-order valence-corrected chi connectivity index (χ0v) is 18.3. The molecule has 1 N–H and O–H groups in total. The van der Waals surface area contributed by atoms with Gasteiger partial charge in [0, 0.05) is 12.6 Å². The molecule has 2 heterocycles. The number of carboxylic acids is 1. The third-order valence-electron chi connectivity index (χ3n) is 6.99. The number of Topliss-reactive ketones (excluding diaryl/α,β-unsaturated/α-hetero) is 1. The molecule has 4 atom stereocenters. The summed E-state index contributed by atoms with van der Waals surface area (Å²) in [6.07, 6.45) is 4.44. The molecule has 5 nitrogen and oxygen atoms in total. The highest BCUT2D eigenvalue weighted by Crippen LogP contribution is 2.47. The molecule has 3 fully saturated rings. The number of ketones is 1. The zero-order chi connectivity index (χ0) is 21.9. The number of piperidine rings is 1. The van der Waals surface area contributed by atoms with Crippen molar-refractivity contribution in [1.29, 1.82) is 0 Å². The van der Waals surface area contributed by atoms with Crippen LogP contribution < -0.4 is 0 Å². The average molecular weight is 420 g/mol. The quantitative estimate of drug-likeness (QED) is 0.773. The minimum atomic E-state index is -0.813. The maximum Gasteiger partial charge on any atom is 0.308 e. The third-order valence-corrected chi connectivity index (χ3v) is 6.99. The normalized spacial score (nSPS) is 32.1. The molecule has 0 spiro atoms. The highest BCUT2D eigenvalue weighted by Gasteiger charge is 2.52. The van der Waals surface area contributed by atoms with Crippen molar-refractivity contribution in [2.45, 2.75) is 70.4 Å². The fourth-order valence-electron chi connectivity index (χ4n) is 5.17. The molecule has 1 saturated carbocycles. The molecule has 6 heteroatoms. The molecule has 30 heavy (non-hydrogen) atoms. The van der Waals surface area contributed by atoms with Gasteiger partial charge in [0.1, 0.15) is 11.4 Å². The summed E-state index contributed by atoms with van der Waals surface area (Å²) < 4.78 is 19.4. The Morgan fingerprint density at radius 2 is 1.80 bits per heavy atom. The van der Waals surface area contributed by atoms with Crippen LogP contribution in [0.25, 0.3) is 0 Å². The maximum atomic E-state index is 13.2. The van der Waals surface area contributed by atoms with E-state index in [0.29, 0.717) is 19.1 Å². The standard InChI is InChI=1S/C22H28FNO4.C2H6/c1-14(25)22(16-4-5-16)10-8-18(13-28-22)24-11-9-19(20(12-24)21(26)27)15-2-6-17(23)7-3-15;1-2/h2-3,6-7,16,18-20H,4-5,8-13H2,1H3,(H,26,27);1-2H3/t18?,19?,20-,22-;/m1./s1. The van der Waals surface area contributed by atoms with Gasteiger partial charge in [-0.1, -0.05) is 26.0 Å². The predicted molar refractivity (Wildman–Crippen MR) is 113 cm³/mol. The number of hydrogen-bond acceptors (Lipinski definition) is 4. The van der Waals surface area contributed by atoms with Crippen molar-refractivity contribution in [2.75, 3.05) is 19.7 Å². The molecule has 1 aromatic rings. The van der Waals surface area contributed by atoms with Gasteiger partial charge >= 0.3 is 5.97 Å². The van der Waals surface area contributed by atoms with Crippen LogP contribution >= 0.6 is 0 Å². The molecule has 3 aliphatic rings. The van der Waals surface area contributed by atoms with Crippen LogP contribution in [-0.4, -0.2) is 53.1 Å². The van der Waals surface area contributed by atoms with Crippen molar-refractivity contribution in [3.05, 3.63) is 35.6 Å². The Balaban J connectivity index is 0.00000124. The number of benzene rings is 1. The second-order valence-corrected chi connectivity index (χ2v) is 8.61. The lowest BCUT2D eigenvalue weighted by molar-refractivity contribution is -0.162. The molecular formula is C24H34FNO4. The number of hydrogen-bond donors (Lipinski definition) is 1. The molecule has 1 aromatic carbocycles. The fourth-order valence-corrected chi connectivity index (χ4v) is 5.17. The van der Waals surface area contributed by atoms with Gasteiger partial charge in [0.15, 0.2) is 5.78 Å². The van der Waals surface area contributed by atoms with Crippen LogP contribution in [0, 0.1) is 17.7 Å². The van der Waals surface area contributed by atoms with Gasteiger partial charge in [-0.05, 0) is 75.1 Å². The van der Waals surface area contributed by atoms with Gasteiger partial charge in [0.05, 0.1) is 12.5 Å². The second kappa shape index (κ2) is 9.56. The monoisotopic (exact) mass is 419 g/mol. The van der Waals surface area contributed by atoms with Crippen LogP contribution in [0.4, 0.5) is 4.39 Å². The Bertz CT molecular complexity index is 738. The Kier molecular flexibility index (Phi) is 7.30. The lowest BCUT2D eigenvalue weighted by Gasteiger charge is -2.46. The van der Waals surface area contributed by atoms with E-state index in [1.165, 1.54) is 12.1 Å². The molecule has 2 aliphatic heterocycles. The Morgan fingerprint density at radius 3 is 2.30 bits per heavy atom. The number of rotatable bonds is 5. The minimum absolute atomic E-state index is 0.110. The van der Waals surface area contributed by atoms with E-state index in [0.717, 1.165) is 44.2 Å². The number of ether oxygens (including phenoxy) is 1. The van der Waals surface area contributed by atoms with Crippen LogP contribution in [0.1, 0.15) is 64.4 Å². The lowest BCUT2D eigenvalue weighted by atomic mass is 9.79. The molecule has 2 unspecified atom stereocenters. The second-order valence-electron chi connectivity index (χ2n) is 8.61. The Hall–Kier alpha value is -1.79.